The predicted molar refractivity (Wildman–Crippen MR) is 130 cm³/mol. The Morgan fingerprint density at radius 1 is 1.21 bits per heavy atom. The lowest BCUT2D eigenvalue weighted by atomic mass is 9.80. The zero-order chi connectivity index (χ0) is 23.7. The zero-order valence-electron chi connectivity index (χ0n) is 18.9. The van der Waals surface area contributed by atoms with Crippen molar-refractivity contribution in [3.05, 3.63) is 65.2 Å². The SMILES string of the molecule is CC1Cc2c(C(N)=O)cccc2N1c1nc(NCc2cccc(B(O)O)c2)cc(N(C)C)n1. The van der Waals surface area contributed by atoms with Gasteiger partial charge in [0.25, 0.3) is 0 Å². The normalized spacial score (nSPS) is 14.7. The van der Waals surface area contributed by atoms with Crippen molar-refractivity contribution in [3.8, 4) is 0 Å². The van der Waals surface area contributed by atoms with Gasteiger partial charge in [-0.05, 0) is 42.1 Å². The monoisotopic (exact) mass is 446 g/mol. The number of rotatable bonds is 7. The van der Waals surface area contributed by atoms with Gasteiger partial charge in [0, 0.05) is 44.0 Å². The summed E-state index contributed by atoms with van der Waals surface area (Å²) >= 11 is 0. The summed E-state index contributed by atoms with van der Waals surface area (Å²) in [6.07, 6.45) is 0.670. The molecule has 0 bridgehead atoms. The maximum atomic E-state index is 11.9. The van der Waals surface area contributed by atoms with Gasteiger partial charge < -0.3 is 30.9 Å². The van der Waals surface area contributed by atoms with Crippen LogP contribution in [0.25, 0.3) is 0 Å². The Hall–Kier alpha value is -3.63. The molecule has 9 nitrogen and oxygen atoms in total. The van der Waals surface area contributed by atoms with Crippen molar-refractivity contribution >= 4 is 41.8 Å². The molecule has 1 amide bonds. The van der Waals surface area contributed by atoms with E-state index in [9.17, 15) is 14.8 Å². The molecule has 10 heteroatoms. The lowest BCUT2D eigenvalue weighted by Crippen LogP contribution is -2.30. The standard InChI is InChI=1S/C23H27BN6O3/c1-14-10-18-17(22(25)31)8-5-9-19(18)30(14)23-27-20(12-21(28-23)29(2)3)26-13-15-6-4-7-16(11-15)24(32)33/h4-9,11-12,14,32-33H,10,13H2,1-3H3,(H2,25,31)(H,26,27,28). The van der Waals surface area contributed by atoms with Crippen molar-refractivity contribution < 1.29 is 14.8 Å². The average Bonchev–Trinajstić information content (AvgIpc) is 3.13. The first-order chi connectivity index (χ1) is 15.7. The first kappa shape index (κ1) is 22.6. The smallest absolute Gasteiger partial charge is 0.423 e. The van der Waals surface area contributed by atoms with Gasteiger partial charge in [-0.2, -0.15) is 9.97 Å². The molecule has 1 aliphatic heterocycles. The molecule has 170 valence electrons. The van der Waals surface area contributed by atoms with Crippen LogP contribution in [0.5, 0.6) is 0 Å². The fourth-order valence-corrected chi connectivity index (χ4v) is 4.08. The first-order valence-corrected chi connectivity index (χ1v) is 10.7. The molecular weight excluding hydrogens is 419 g/mol. The van der Waals surface area contributed by atoms with Crippen molar-refractivity contribution in [1.82, 2.24) is 9.97 Å². The minimum absolute atomic E-state index is 0.0495. The van der Waals surface area contributed by atoms with Gasteiger partial charge in [0.05, 0.1) is 0 Å². The molecule has 1 aromatic heterocycles. The number of benzene rings is 2. The molecule has 2 heterocycles. The molecule has 1 unspecified atom stereocenters. The summed E-state index contributed by atoms with van der Waals surface area (Å²) in [5.41, 5.74) is 9.22. The highest BCUT2D eigenvalue weighted by atomic mass is 16.4. The molecule has 5 N–H and O–H groups in total. The first-order valence-electron chi connectivity index (χ1n) is 10.7. The van der Waals surface area contributed by atoms with E-state index in [1.165, 1.54) is 0 Å². The third-order valence-electron chi connectivity index (χ3n) is 5.71. The maximum absolute atomic E-state index is 11.9. The maximum Gasteiger partial charge on any atom is 0.488 e. The highest BCUT2D eigenvalue weighted by Crippen LogP contribution is 2.39. The molecule has 0 spiro atoms. The number of amides is 1. The topological polar surface area (TPSA) is 128 Å². The quantitative estimate of drug-likeness (QED) is 0.396. The van der Waals surface area contributed by atoms with Crippen molar-refractivity contribution in [2.24, 2.45) is 5.73 Å². The number of hydrogen-bond donors (Lipinski definition) is 4. The number of hydrogen-bond acceptors (Lipinski definition) is 8. The number of primary amides is 1. The van der Waals surface area contributed by atoms with E-state index in [1.54, 1.807) is 24.3 Å². The molecular formula is C23H27BN6O3. The van der Waals surface area contributed by atoms with Gasteiger partial charge >= 0.3 is 7.12 Å². The number of anilines is 4. The Morgan fingerprint density at radius 3 is 2.67 bits per heavy atom. The number of carbonyl (C=O) groups is 1. The average molecular weight is 446 g/mol. The molecule has 0 fully saturated rings. The van der Waals surface area contributed by atoms with Crippen LogP contribution in [0.3, 0.4) is 0 Å². The van der Waals surface area contributed by atoms with Crippen LogP contribution >= 0.6 is 0 Å². The van der Waals surface area contributed by atoms with Gasteiger partial charge in [-0.15, -0.1) is 0 Å². The van der Waals surface area contributed by atoms with E-state index in [4.69, 9.17) is 15.7 Å². The van der Waals surface area contributed by atoms with E-state index in [0.29, 0.717) is 35.8 Å². The van der Waals surface area contributed by atoms with E-state index in [2.05, 4.69) is 12.2 Å². The number of carbonyl (C=O) groups excluding carboxylic acids is 1. The van der Waals surface area contributed by atoms with Crippen LogP contribution in [-0.2, 0) is 13.0 Å². The largest absolute Gasteiger partial charge is 0.488 e. The Balaban J connectivity index is 1.68. The van der Waals surface area contributed by atoms with Crippen molar-refractivity contribution in [2.45, 2.75) is 25.9 Å². The second-order valence-electron chi connectivity index (χ2n) is 8.37. The van der Waals surface area contributed by atoms with Crippen LogP contribution in [0.1, 0.15) is 28.4 Å². The predicted octanol–water partition coefficient (Wildman–Crippen LogP) is 1.02. The minimum Gasteiger partial charge on any atom is -0.423 e. The Kier molecular flexibility index (Phi) is 6.21. The lowest BCUT2D eigenvalue weighted by molar-refractivity contribution is 0.0999. The molecule has 0 aliphatic carbocycles. The fraction of sp³-hybridized carbons (Fsp3) is 0.261. The molecule has 3 aromatic rings. The molecule has 4 rings (SSSR count). The Labute approximate surface area is 193 Å². The fourth-order valence-electron chi connectivity index (χ4n) is 4.08. The second kappa shape index (κ2) is 9.09. The summed E-state index contributed by atoms with van der Waals surface area (Å²) < 4.78 is 0. The van der Waals surface area contributed by atoms with Crippen LogP contribution in [0.4, 0.5) is 23.3 Å². The molecule has 33 heavy (non-hydrogen) atoms. The molecule has 0 saturated carbocycles. The van der Waals surface area contributed by atoms with E-state index in [-0.39, 0.29) is 6.04 Å². The van der Waals surface area contributed by atoms with E-state index in [1.807, 2.05) is 48.2 Å². The minimum atomic E-state index is -1.52. The van der Waals surface area contributed by atoms with Crippen LogP contribution in [0, 0.1) is 0 Å². The van der Waals surface area contributed by atoms with E-state index < -0.39 is 13.0 Å². The van der Waals surface area contributed by atoms with Crippen LogP contribution in [0.2, 0.25) is 0 Å². The van der Waals surface area contributed by atoms with E-state index >= 15 is 0 Å². The van der Waals surface area contributed by atoms with Crippen molar-refractivity contribution in [3.63, 3.8) is 0 Å². The third kappa shape index (κ3) is 4.62. The Bertz CT molecular complexity index is 1190. The zero-order valence-corrected chi connectivity index (χ0v) is 18.9. The summed E-state index contributed by atoms with van der Waals surface area (Å²) in [5, 5.41) is 22.2. The van der Waals surface area contributed by atoms with Gasteiger partial charge in [0.1, 0.15) is 11.6 Å². The number of nitrogens with one attached hydrogen (secondary N) is 1. The van der Waals surface area contributed by atoms with E-state index in [0.717, 1.165) is 22.6 Å². The molecule has 0 radical (unpaired) electrons. The third-order valence-corrected chi connectivity index (χ3v) is 5.71. The van der Waals surface area contributed by atoms with Crippen molar-refractivity contribution in [2.75, 3.05) is 29.2 Å². The lowest BCUT2D eigenvalue weighted by Gasteiger charge is -2.25. The van der Waals surface area contributed by atoms with Gasteiger partial charge in [-0.25, -0.2) is 0 Å². The number of nitrogens with two attached hydrogens (primary N) is 1. The van der Waals surface area contributed by atoms with Crippen molar-refractivity contribution in [1.29, 1.82) is 0 Å². The van der Waals surface area contributed by atoms with Gasteiger partial charge in [0.2, 0.25) is 11.9 Å². The number of nitrogens with zero attached hydrogens (tertiary/aromatic N) is 4. The van der Waals surface area contributed by atoms with Crippen LogP contribution in [-0.4, -0.2) is 53.2 Å². The van der Waals surface area contributed by atoms with Gasteiger partial charge in [-0.1, -0.05) is 30.3 Å². The number of aromatic nitrogens is 2. The molecule has 2 aromatic carbocycles. The second-order valence-corrected chi connectivity index (χ2v) is 8.37. The summed E-state index contributed by atoms with van der Waals surface area (Å²) in [4.78, 5) is 25.4. The van der Waals surface area contributed by atoms with Crippen LogP contribution < -0.4 is 26.3 Å². The summed E-state index contributed by atoms with van der Waals surface area (Å²) in [7, 11) is 2.31. The highest BCUT2D eigenvalue weighted by Gasteiger charge is 2.32. The summed E-state index contributed by atoms with van der Waals surface area (Å²) in [6.45, 7) is 2.51. The molecule has 0 saturated heterocycles. The molecule has 1 aliphatic rings. The summed E-state index contributed by atoms with van der Waals surface area (Å²) in [6, 6.07) is 14.5. The van der Waals surface area contributed by atoms with Crippen LogP contribution in [0.15, 0.2) is 48.5 Å². The highest BCUT2D eigenvalue weighted by molar-refractivity contribution is 6.58. The summed E-state index contributed by atoms with van der Waals surface area (Å²) in [5.74, 6) is 1.44. The van der Waals surface area contributed by atoms with Gasteiger partial charge in [-0.3, -0.25) is 4.79 Å². The molecule has 1 atom stereocenters. The Morgan fingerprint density at radius 2 is 1.97 bits per heavy atom. The number of fused-ring (bicyclic) bond motifs is 1. The van der Waals surface area contributed by atoms with Gasteiger partial charge in [0.15, 0.2) is 0 Å².